The molecule has 4 rings (SSSR count). The van der Waals surface area contributed by atoms with Crippen LogP contribution in [0, 0.1) is 0 Å². The zero-order valence-electron chi connectivity index (χ0n) is 18.3. The van der Waals surface area contributed by atoms with Gasteiger partial charge in [0.25, 0.3) is 0 Å². The molecule has 3 aromatic rings. The third kappa shape index (κ3) is 6.17. The quantitative estimate of drug-likeness (QED) is 0.496. The Morgan fingerprint density at radius 1 is 1.06 bits per heavy atom. The predicted octanol–water partition coefficient (Wildman–Crippen LogP) is 4.15. The molecule has 1 amide bonds. The molecular weight excluding hydrogens is 422 g/mol. The van der Waals surface area contributed by atoms with Crippen LogP contribution in [0.5, 0.6) is 0 Å². The standard InChI is InChI=1S/C25H30ClN5O/c26-21-9-7-20(8-10-21)23(24-6-1-3-11-28-24)17-25(32)31-15-13-30(14-16-31)12-4-2-5-22-18-27-19-29-22/h1,3,6-11,18-19,23H,2,4-5,12-17H2,(H,27,29). The van der Waals surface area contributed by atoms with Crippen LogP contribution in [-0.2, 0) is 11.2 Å². The molecule has 3 heterocycles. The molecule has 1 atom stereocenters. The Labute approximate surface area is 194 Å². The molecule has 1 fully saturated rings. The van der Waals surface area contributed by atoms with Gasteiger partial charge in [0.1, 0.15) is 0 Å². The lowest BCUT2D eigenvalue weighted by Crippen LogP contribution is -2.49. The van der Waals surface area contributed by atoms with Crippen molar-refractivity contribution in [2.45, 2.75) is 31.6 Å². The summed E-state index contributed by atoms with van der Waals surface area (Å²) in [5.74, 6) is 0.121. The molecule has 0 aliphatic carbocycles. The number of rotatable bonds is 9. The Bertz CT molecular complexity index is 954. The van der Waals surface area contributed by atoms with Gasteiger partial charge in [0.2, 0.25) is 5.91 Å². The molecule has 1 aliphatic rings. The Hall–Kier alpha value is -2.70. The molecule has 168 valence electrons. The van der Waals surface area contributed by atoms with Gasteiger partial charge in [0, 0.05) is 67.3 Å². The van der Waals surface area contributed by atoms with Crippen molar-refractivity contribution >= 4 is 17.5 Å². The minimum absolute atomic E-state index is 0.0681. The van der Waals surface area contributed by atoms with Gasteiger partial charge in [0.05, 0.1) is 6.33 Å². The summed E-state index contributed by atoms with van der Waals surface area (Å²) in [6.07, 6.45) is 9.18. The number of halogens is 1. The molecule has 1 aliphatic heterocycles. The number of imidazole rings is 1. The Balaban J connectivity index is 1.28. The van der Waals surface area contributed by atoms with E-state index in [9.17, 15) is 4.79 Å². The van der Waals surface area contributed by atoms with Crippen LogP contribution in [-0.4, -0.2) is 63.4 Å². The normalized spacial score (nSPS) is 15.6. The third-order valence-corrected chi connectivity index (χ3v) is 6.40. The number of unbranched alkanes of at least 4 members (excludes halogenated alkanes) is 1. The maximum absolute atomic E-state index is 13.2. The van der Waals surface area contributed by atoms with Gasteiger partial charge in [0.15, 0.2) is 0 Å². The number of aryl methyl sites for hydroxylation is 1. The van der Waals surface area contributed by atoms with Gasteiger partial charge >= 0.3 is 0 Å². The number of nitrogens with one attached hydrogen (secondary N) is 1. The van der Waals surface area contributed by atoms with Crippen molar-refractivity contribution < 1.29 is 4.79 Å². The average molecular weight is 452 g/mol. The minimum atomic E-state index is -0.0681. The van der Waals surface area contributed by atoms with Crippen LogP contribution in [0.25, 0.3) is 0 Å². The van der Waals surface area contributed by atoms with Crippen molar-refractivity contribution in [3.8, 4) is 0 Å². The fraction of sp³-hybridized carbons (Fsp3) is 0.400. The predicted molar refractivity (Wildman–Crippen MR) is 127 cm³/mol. The van der Waals surface area contributed by atoms with Crippen LogP contribution in [0.1, 0.15) is 42.1 Å². The first-order valence-electron chi connectivity index (χ1n) is 11.3. The van der Waals surface area contributed by atoms with Crippen molar-refractivity contribution in [2.75, 3.05) is 32.7 Å². The molecule has 0 spiro atoms. The lowest BCUT2D eigenvalue weighted by molar-refractivity contribution is -0.133. The molecule has 0 saturated carbocycles. The van der Waals surface area contributed by atoms with E-state index in [1.165, 1.54) is 5.69 Å². The number of carbonyl (C=O) groups is 1. The second kappa shape index (κ2) is 11.2. The van der Waals surface area contributed by atoms with Crippen molar-refractivity contribution in [1.29, 1.82) is 0 Å². The summed E-state index contributed by atoms with van der Waals surface area (Å²) in [4.78, 5) is 29.4. The maximum Gasteiger partial charge on any atom is 0.223 e. The van der Waals surface area contributed by atoms with E-state index in [2.05, 4.69) is 19.9 Å². The lowest BCUT2D eigenvalue weighted by atomic mass is 9.91. The van der Waals surface area contributed by atoms with Gasteiger partial charge in [-0.2, -0.15) is 0 Å². The highest BCUT2D eigenvalue weighted by Crippen LogP contribution is 2.28. The van der Waals surface area contributed by atoms with Crippen LogP contribution in [0.3, 0.4) is 0 Å². The highest BCUT2D eigenvalue weighted by Gasteiger charge is 2.25. The van der Waals surface area contributed by atoms with Crippen LogP contribution in [0.2, 0.25) is 5.02 Å². The van der Waals surface area contributed by atoms with Crippen LogP contribution in [0.15, 0.2) is 61.2 Å². The molecule has 1 N–H and O–H groups in total. The smallest absolute Gasteiger partial charge is 0.223 e. The van der Waals surface area contributed by atoms with E-state index in [-0.39, 0.29) is 11.8 Å². The SMILES string of the molecule is O=C(CC(c1ccc(Cl)cc1)c1ccccn1)N1CCN(CCCCc2cnc[nH]2)CC1. The number of carbonyl (C=O) groups excluding carboxylic acids is 1. The molecule has 32 heavy (non-hydrogen) atoms. The van der Waals surface area contributed by atoms with E-state index >= 15 is 0 Å². The highest BCUT2D eigenvalue weighted by atomic mass is 35.5. The maximum atomic E-state index is 13.2. The number of hydrogen-bond acceptors (Lipinski definition) is 4. The fourth-order valence-corrected chi connectivity index (χ4v) is 4.39. The number of H-pyrrole nitrogens is 1. The third-order valence-electron chi connectivity index (χ3n) is 6.15. The van der Waals surface area contributed by atoms with Crippen LogP contribution >= 0.6 is 11.6 Å². The van der Waals surface area contributed by atoms with Crippen molar-refractivity contribution in [3.05, 3.63) is 83.2 Å². The average Bonchev–Trinajstić information content (AvgIpc) is 3.35. The monoisotopic (exact) mass is 451 g/mol. The number of hydrogen-bond donors (Lipinski definition) is 1. The number of amides is 1. The molecule has 1 aromatic carbocycles. The molecule has 7 heteroatoms. The molecule has 6 nitrogen and oxygen atoms in total. The topological polar surface area (TPSA) is 65.1 Å². The number of piperazine rings is 1. The van der Waals surface area contributed by atoms with Gasteiger partial charge in [-0.05, 0) is 55.6 Å². The number of pyridine rings is 1. The first-order valence-corrected chi connectivity index (χ1v) is 11.7. The molecule has 0 radical (unpaired) electrons. The van der Waals surface area contributed by atoms with Gasteiger partial charge in [-0.3, -0.25) is 14.7 Å². The van der Waals surface area contributed by atoms with E-state index in [1.54, 1.807) is 12.5 Å². The molecule has 1 saturated heterocycles. The van der Waals surface area contributed by atoms with Crippen LogP contribution in [0.4, 0.5) is 0 Å². The number of nitrogens with zero attached hydrogens (tertiary/aromatic N) is 4. The van der Waals surface area contributed by atoms with E-state index < -0.39 is 0 Å². The first kappa shape index (κ1) is 22.5. The van der Waals surface area contributed by atoms with Gasteiger partial charge in [-0.25, -0.2) is 4.98 Å². The summed E-state index contributed by atoms with van der Waals surface area (Å²) in [6.45, 7) is 4.53. The van der Waals surface area contributed by atoms with E-state index in [0.29, 0.717) is 11.4 Å². The summed E-state index contributed by atoms with van der Waals surface area (Å²) in [6, 6.07) is 13.6. The minimum Gasteiger partial charge on any atom is -0.348 e. The van der Waals surface area contributed by atoms with E-state index in [0.717, 1.165) is 63.2 Å². The first-order chi connectivity index (χ1) is 15.7. The molecular formula is C25H30ClN5O. The van der Waals surface area contributed by atoms with Crippen molar-refractivity contribution in [2.24, 2.45) is 0 Å². The zero-order chi connectivity index (χ0) is 22.2. The molecule has 2 aromatic heterocycles. The van der Waals surface area contributed by atoms with Crippen molar-refractivity contribution in [1.82, 2.24) is 24.8 Å². The molecule has 0 bridgehead atoms. The summed E-state index contributed by atoms with van der Waals surface area (Å²) in [7, 11) is 0. The zero-order valence-corrected chi connectivity index (χ0v) is 19.0. The van der Waals surface area contributed by atoms with Gasteiger partial charge < -0.3 is 9.88 Å². The fourth-order valence-electron chi connectivity index (χ4n) is 4.27. The number of aromatic amines is 1. The number of benzene rings is 1. The second-order valence-electron chi connectivity index (χ2n) is 8.32. The van der Waals surface area contributed by atoms with Crippen LogP contribution < -0.4 is 0 Å². The Kier molecular flexibility index (Phi) is 7.91. The largest absolute Gasteiger partial charge is 0.348 e. The van der Waals surface area contributed by atoms with E-state index in [1.807, 2.05) is 53.6 Å². The van der Waals surface area contributed by atoms with Gasteiger partial charge in [-0.1, -0.05) is 29.8 Å². The Morgan fingerprint density at radius 3 is 2.56 bits per heavy atom. The second-order valence-corrected chi connectivity index (χ2v) is 8.76. The lowest BCUT2D eigenvalue weighted by Gasteiger charge is -2.35. The van der Waals surface area contributed by atoms with Crippen molar-refractivity contribution in [3.63, 3.8) is 0 Å². The highest BCUT2D eigenvalue weighted by molar-refractivity contribution is 6.30. The summed E-state index contributed by atoms with van der Waals surface area (Å²) >= 11 is 6.08. The van der Waals surface area contributed by atoms with E-state index in [4.69, 9.17) is 11.6 Å². The molecule has 1 unspecified atom stereocenters. The number of aromatic nitrogens is 3. The van der Waals surface area contributed by atoms with Gasteiger partial charge in [-0.15, -0.1) is 0 Å². The summed E-state index contributed by atoms with van der Waals surface area (Å²) in [5.41, 5.74) is 3.18. The summed E-state index contributed by atoms with van der Waals surface area (Å²) in [5, 5.41) is 0.695. The summed E-state index contributed by atoms with van der Waals surface area (Å²) < 4.78 is 0. The Morgan fingerprint density at radius 2 is 1.88 bits per heavy atom.